The van der Waals surface area contributed by atoms with E-state index in [1.54, 1.807) is 4.90 Å². The molecule has 0 rings (SSSR count). The minimum absolute atomic E-state index is 0.0569. The van der Waals surface area contributed by atoms with Crippen LogP contribution in [0.3, 0.4) is 0 Å². The van der Waals surface area contributed by atoms with Crippen LogP contribution in [0, 0.1) is 17.8 Å². The number of carbonyl (C=O) groups excluding carboxylic acids is 3. The van der Waals surface area contributed by atoms with Crippen molar-refractivity contribution >= 4 is 17.8 Å². The van der Waals surface area contributed by atoms with E-state index in [1.165, 1.54) is 89.9 Å². The summed E-state index contributed by atoms with van der Waals surface area (Å²) in [6, 6.07) is 0. The van der Waals surface area contributed by atoms with Crippen LogP contribution in [0.25, 0.3) is 0 Å². The van der Waals surface area contributed by atoms with E-state index in [9.17, 15) is 14.4 Å². The van der Waals surface area contributed by atoms with E-state index in [0.717, 1.165) is 103 Å². The Kier molecular flexibility index (Phi) is 37.1. The first kappa shape index (κ1) is 52.4. The number of hydrogen-bond acceptors (Lipinski definition) is 6. The maximum absolute atomic E-state index is 13.9. The SMILES string of the molecule is CCCCCCCCC(CCCCCC)C(=O)OCCN(CCOC(=O)C(CCCCCC)CCCCCCCC)C(=O)C(C)CCN(CCC)CCC. The van der Waals surface area contributed by atoms with Crippen LogP contribution >= 0.6 is 0 Å². The van der Waals surface area contributed by atoms with Crippen LogP contribution in [0.4, 0.5) is 0 Å². The molecule has 0 heterocycles. The molecule has 320 valence electrons. The van der Waals surface area contributed by atoms with Gasteiger partial charge in [-0.05, 0) is 64.6 Å². The van der Waals surface area contributed by atoms with Crippen molar-refractivity contribution in [3.63, 3.8) is 0 Å². The molecule has 0 fully saturated rings. The van der Waals surface area contributed by atoms with E-state index in [0.29, 0.717) is 13.1 Å². The molecule has 3 unspecified atom stereocenters. The Labute approximate surface area is 336 Å². The summed E-state index contributed by atoms with van der Waals surface area (Å²) in [5.74, 6) is -0.459. The van der Waals surface area contributed by atoms with Crippen LogP contribution in [0.1, 0.15) is 222 Å². The van der Waals surface area contributed by atoms with Crippen molar-refractivity contribution in [2.75, 3.05) is 45.9 Å². The first-order valence-electron chi connectivity index (χ1n) is 23.6. The minimum atomic E-state index is -0.161. The van der Waals surface area contributed by atoms with Crippen molar-refractivity contribution in [2.24, 2.45) is 17.8 Å². The molecular weight excluding hydrogens is 673 g/mol. The molecule has 1 amide bonds. The van der Waals surface area contributed by atoms with Gasteiger partial charge in [0.2, 0.25) is 5.91 Å². The summed E-state index contributed by atoms with van der Waals surface area (Å²) in [6.45, 7) is 19.3. The lowest BCUT2D eigenvalue weighted by molar-refractivity contribution is -0.153. The Morgan fingerprint density at radius 1 is 0.407 bits per heavy atom. The lowest BCUT2D eigenvalue weighted by Gasteiger charge is -2.28. The topological polar surface area (TPSA) is 76.1 Å². The maximum Gasteiger partial charge on any atom is 0.308 e. The third kappa shape index (κ3) is 28.7. The Balaban J connectivity index is 5.52. The van der Waals surface area contributed by atoms with Crippen LogP contribution in [0.15, 0.2) is 0 Å². The first-order chi connectivity index (χ1) is 26.3. The molecule has 0 spiro atoms. The second-order valence-corrected chi connectivity index (χ2v) is 16.4. The molecule has 0 bridgehead atoms. The highest BCUT2D eigenvalue weighted by atomic mass is 16.5. The molecule has 7 heteroatoms. The van der Waals surface area contributed by atoms with E-state index in [-0.39, 0.29) is 48.8 Å². The number of unbranched alkanes of at least 4 members (excludes halogenated alkanes) is 16. The zero-order valence-electron chi connectivity index (χ0n) is 37.2. The van der Waals surface area contributed by atoms with Crippen LogP contribution in [-0.4, -0.2) is 73.6 Å². The number of esters is 2. The van der Waals surface area contributed by atoms with Crippen LogP contribution < -0.4 is 0 Å². The van der Waals surface area contributed by atoms with E-state index in [1.807, 2.05) is 6.92 Å². The molecule has 0 aromatic carbocycles. The van der Waals surface area contributed by atoms with Crippen molar-refractivity contribution in [3.05, 3.63) is 0 Å². The quantitative estimate of drug-likeness (QED) is 0.0457. The summed E-state index contributed by atoms with van der Waals surface area (Å²) in [5, 5.41) is 0. The van der Waals surface area contributed by atoms with Crippen LogP contribution in [0.2, 0.25) is 0 Å². The zero-order chi connectivity index (χ0) is 40.1. The van der Waals surface area contributed by atoms with Gasteiger partial charge in [0.1, 0.15) is 13.2 Å². The molecular formula is C47H92N2O5. The molecule has 0 saturated carbocycles. The molecule has 0 saturated heterocycles. The van der Waals surface area contributed by atoms with Gasteiger partial charge in [-0.3, -0.25) is 14.4 Å². The fourth-order valence-corrected chi connectivity index (χ4v) is 7.60. The highest BCUT2D eigenvalue weighted by Gasteiger charge is 2.25. The summed E-state index contributed by atoms with van der Waals surface area (Å²) in [4.78, 5) is 45.0. The lowest BCUT2D eigenvalue weighted by Crippen LogP contribution is -2.41. The molecule has 3 atom stereocenters. The summed E-state index contributed by atoms with van der Waals surface area (Å²) in [7, 11) is 0. The van der Waals surface area contributed by atoms with Gasteiger partial charge < -0.3 is 19.3 Å². The molecule has 0 aliphatic heterocycles. The molecule has 0 radical (unpaired) electrons. The van der Waals surface area contributed by atoms with Crippen LogP contribution in [-0.2, 0) is 23.9 Å². The average molecular weight is 765 g/mol. The minimum Gasteiger partial charge on any atom is -0.464 e. The second kappa shape index (κ2) is 38.3. The summed E-state index contributed by atoms with van der Waals surface area (Å²) < 4.78 is 11.9. The van der Waals surface area contributed by atoms with Gasteiger partial charge in [0.05, 0.1) is 24.9 Å². The number of nitrogens with zero attached hydrogens (tertiary/aromatic N) is 2. The van der Waals surface area contributed by atoms with Gasteiger partial charge in [-0.25, -0.2) is 0 Å². The van der Waals surface area contributed by atoms with Crippen molar-refractivity contribution in [1.82, 2.24) is 9.80 Å². The Hall–Kier alpha value is -1.63. The fraction of sp³-hybridized carbons (Fsp3) is 0.936. The van der Waals surface area contributed by atoms with Gasteiger partial charge in [-0.2, -0.15) is 0 Å². The van der Waals surface area contributed by atoms with E-state index < -0.39 is 0 Å². The van der Waals surface area contributed by atoms with Gasteiger partial charge in [-0.15, -0.1) is 0 Å². The normalized spacial score (nSPS) is 13.2. The van der Waals surface area contributed by atoms with Gasteiger partial charge in [-0.1, -0.05) is 177 Å². The number of carbonyl (C=O) groups is 3. The largest absolute Gasteiger partial charge is 0.464 e. The maximum atomic E-state index is 13.9. The van der Waals surface area contributed by atoms with Gasteiger partial charge in [0.15, 0.2) is 0 Å². The number of hydrogen-bond donors (Lipinski definition) is 0. The number of amides is 1. The molecule has 54 heavy (non-hydrogen) atoms. The molecule has 0 aliphatic rings. The predicted octanol–water partition coefficient (Wildman–Crippen LogP) is 12.7. The molecule has 0 aromatic heterocycles. The molecule has 0 N–H and O–H groups in total. The number of ether oxygens (including phenoxy) is 2. The Bertz CT molecular complexity index is 811. The first-order valence-corrected chi connectivity index (χ1v) is 23.6. The van der Waals surface area contributed by atoms with E-state index >= 15 is 0 Å². The Morgan fingerprint density at radius 3 is 1.09 bits per heavy atom. The van der Waals surface area contributed by atoms with Crippen molar-refractivity contribution in [3.8, 4) is 0 Å². The zero-order valence-corrected chi connectivity index (χ0v) is 37.2. The highest BCUT2D eigenvalue weighted by Crippen LogP contribution is 2.22. The van der Waals surface area contributed by atoms with Crippen LogP contribution in [0.5, 0.6) is 0 Å². The van der Waals surface area contributed by atoms with Gasteiger partial charge in [0, 0.05) is 5.92 Å². The summed E-state index contributed by atoms with van der Waals surface area (Å²) >= 11 is 0. The third-order valence-electron chi connectivity index (χ3n) is 11.2. The average Bonchev–Trinajstić information content (AvgIpc) is 3.17. The van der Waals surface area contributed by atoms with E-state index in [2.05, 4.69) is 46.4 Å². The van der Waals surface area contributed by atoms with Gasteiger partial charge >= 0.3 is 11.9 Å². The molecule has 7 nitrogen and oxygen atoms in total. The third-order valence-corrected chi connectivity index (χ3v) is 11.2. The number of rotatable bonds is 40. The van der Waals surface area contributed by atoms with Gasteiger partial charge in [0.25, 0.3) is 0 Å². The molecule has 0 aromatic rings. The fourth-order valence-electron chi connectivity index (χ4n) is 7.60. The van der Waals surface area contributed by atoms with Crippen molar-refractivity contribution in [2.45, 2.75) is 222 Å². The predicted molar refractivity (Wildman–Crippen MR) is 230 cm³/mol. The standard InChI is InChI=1S/C47H92N2O5/c1-8-14-18-22-24-28-32-43(30-26-20-16-10-3)46(51)53-40-38-49(45(50)42(7)34-37-48(35-12-5)36-13-6)39-41-54-47(52)44(31-27-21-17-11-4)33-29-25-23-19-15-9-2/h42-44H,8-41H2,1-7H3. The highest BCUT2D eigenvalue weighted by molar-refractivity contribution is 5.78. The van der Waals surface area contributed by atoms with E-state index in [4.69, 9.17) is 9.47 Å². The monoisotopic (exact) mass is 765 g/mol. The Morgan fingerprint density at radius 2 is 0.741 bits per heavy atom. The summed E-state index contributed by atoms with van der Waals surface area (Å²) in [5.41, 5.74) is 0. The molecule has 0 aliphatic carbocycles. The summed E-state index contributed by atoms with van der Waals surface area (Å²) in [6.07, 6.45) is 30.2. The smallest absolute Gasteiger partial charge is 0.308 e. The lowest BCUT2D eigenvalue weighted by atomic mass is 9.94. The van der Waals surface area contributed by atoms with Crippen molar-refractivity contribution < 1.29 is 23.9 Å². The van der Waals surface area contributed by atoms with Crippen molar-refractivity contribution in [1.29, 1.82) is 0 Å². The second-order valence-electron chi connectivity index (χ2n) is 16.4.